The van der Waals surface area contributed by atoms with Crippen molar-refractivity contribution in [3.05, 3.63) is 0 Å². The fourth-order valence-electron chi connectivity index (χ4n) is 6.57. The summed E-state index contributed by atoms with van der Waals surface area (Å²) in [7, 11) is 0. The van der Waals surface area contributed by atoms with E-state index in [-0.39, 0.29) is 0 Å². The van der Waals surface area contributed by atoms with Gasteiger partial charge in [-0.15, -0.1) is 0 Å². The summed E-state index contributed by atoms with van der Waals surface area (Å²) < 4.78 is 38.2. The van der Waals surface area contributed by atoms with Crippen LogP contribution >= 0.6 is 0 Å². The summed E-state index contributed by atoms with van der Waals surface area (Å²) in [6.45, 7) is 0.115. The van der Waals surface area contributed by atoms with Crippen molar-refractivity contribution < 1.29 is 119 Å². The molecule has 0 aliphatic carbocycles. The lowest BCUT2D eigenvalue weighted by Gasteiger charge is -2.50. The van der Waals surface area contributed by atoms with Crippen LogP contribution in [-0.2, 0) is 47.5 Å². The minimum absolute atomic E-state index is 0.817. The molecule has 25 heteroatoms. The van der Waals surface area contributed by atoms with Gasteiger partial charge in [-0.05, 0) is 6.92 Å². The number of carboxylic acid groups (broad SMARTS) is 2. The van der Waals surface area contributed by atoms with Gasteiger partial charge in [-0.1, -0.05) is 0 Å². The molecule has 4 aliphatic rings. The quantitative estimate of drug-likeness (QED) is 0.0823. The van der Waals surface area contributed by atoms with Crippen LogP contribution in [0.15, 0.2) is 0 Å². The lowest BCUT2D eigenvalue weighted by atomic mass is 9.88. The number of carbonyl (C=O) groups excluding carboxylic acids is 1. The zero-order chi connectivity index (χ0) is 40.6. The predicted octanol–water partition coefficient (Wildman–Crippen LogP) is -9.28. The number of carbonyl (C=O) groups is 3. The van der Waals surface area contributed by atoms with Crippen molar-refractivity contribution in [2.45, 2.75) is 149 Å². The lowest BCUT2D eigenvalue weighted by molar-refractivity contribution is -0.393. The highest BCUT2D eigenvalue weighted by Crippen LogP contribution is 2.39. The standard InChI is InChI=1S/C29H47NO24/c1-6-12(36)14(38)15(39)26(48-6)51-22-17(41)25(45)49-10(5-32)19(22)50-27-18(42)21(16(40)23(52-27)24(43)44)54-29(28(46)47)3-8(34)11(30-7(2)33)20(53-29)13(37)9(35)4-31/h6,8-23,25-27,31-32,34-42,45H,3-5H2,1-2H3,(H,30,33)(H,43,44)(H,46,47)/t6-,8-,9+,10+,11+,12+,13+,14+,15-,16-,17+,18+,19+,20+,21-,22+,23-,25+,26-,27+,29-/m0/s1. The Morgan fingerprint density at radius 3 is 1.96 bits per heavy atom. The Kier molecular flexibility index (Phi) is 14.7. The largest absolute Gasteiger partial charge is 0.479 e. The van der Waals surface area contributed by atoms with Gasteiger partial charge in [-0.2, -0.15) is 0 Å². The first kappa shape index (κ1) is 44.4. The number of aliphatic carboxylic acids is 2. The second-order valence-corrected chi connectivity index (χ2v) is 13.3. The molecule has 0 spiro atoms. The van der Waals surface area contributed by atoms with Crippen LogP contribution in [0.2, 0.25) is 0 Å². The highest BCUT2D eigenvalue weighted by molar-refractivity contribution is 5.77. The molecule has 0 aromatic rings. The molecule has 0 bridgehead atoms. The van der Waals surface area contributed by atoms with Gasteiger partial charge in [0.15, 0.2) is 25.0 Å². The van der Waals surface area contributed by atoms with Crippen molar-refractivity contribution in [1.82, 2.24) is 5.32 Å². The smallest absolute Gasteiger partial charge is 0.364 e. The third-order valence-electron chi connectivity index (χ3n) is 9.50. The minimum atomic E-state index is -3.23. The summed E-state index contributed by atoms with van der Waals surface area (Å²) >= 11 is 0. The third kappa shape index (κ3) is 8.94. The van der Waals surface area contributed by atoms with Gasteiger partial charge >= 0.3 is 11.9 Å². The second kappa shape index (κ2) is 17.8. The normalized spacial score (nSPS) is 47.0. The van der Waals surface area contributed by atoms with Gasteiger partial charge in [0.05, 0.1) is 31.5 Å². The molecule has 0 aromatic carbocycles. The van der Waals surface area contributed by atoms with E-state index in [9.17, 15) is 85.9 Å². The predicted molar refractivity (Wildman–Crippen MR) is 162 cm³/mol. The molecule has 25 nitrogen and oxygen atoms in total. The highest BCUT2D eigenvalue weighted by atomic mass is 16.8. The summed E-state index contributed by atoms with van der Waals surface area (Å²) in [6.07, 6.45) is -40.0. The van der Waals surface area contributed by atoms with Gasteiger partial charge < -0.3 is 110 Å². The van der Waals surface area contributed by atoms with Crippen molar-refractivity contribution in [3.8, 4) is 0 Å². The Hall–Kier alpha value is -2.35. The molecule has 21 atom stereocenters. The molecule has 312 valence electrons. The molecule has 54 heavy (non-hydrogen) atoms. The molecule has 0 unspecified atom stereocenters. The average Bonchev–Trinajstić information content (AvgIpc) is 3.11. The number of aliphatic hydroxyl groups excluding tert-OH is 12. The Balaban J connectivity index is 1.69. The Morgan fingerprint density at radius 1 is 0.796 bits per heavy atom. The highest BCUT2D eigenvalue weighted by Gasteiger charge is 2.61. The minimum Gasteiger partial charge on any atom is -0.479 e. The molecule has 1 amide bonds. The topological polar surface area (TPSA) is 411 Å². The number of aliphatic hydroxyl groups is 12. The molecule has 0 aromatic heterocycles. The van der Waals surface area contributed by atoms with Crippen LogP contribution in [0.3, 0.4) is 0 Å². The average molecular weight is 794 g/mol. The molecular formula is C29H47NO24. The van der Waals surface area contributed by atoms with Crippen LogP contribution in [-0.4, -0.2) is 231 Å². The van der Waals surface area contributed by atoms with E-state index < -0.39 is 166 Å². The van der Waals surface area contributed by atoms with Crippen molar-refractivity contribution in [2.75, 3.05) is 13.2 Å². The molecule has 4 aliphatic heterocycles. The van der Waals surface area contributed by atoms with Crippen LogP contribution in [0.5, 0.6) is 0 Å². The number of hydrogen-bond acceptors (Lipinski definition) is 22. The van der Waals surface area contributed by atoms with Gasteiger partial charge in [-0.3, -0.25) is 4.79 Å². The van der Waals surface area contributed by atoms with Crippen molar-refractivity contribution in [1.29, 1.82) is 0 Å². The maximum atomic E-state index is 12.8. The first-order valence-corrected chi connectivity index (χ1v) is 16.6. The van der Waals surface area contributed by atoms with Crippen LogP contribution in [0.4, 0.5) is 0 Å². The molecule has 4 fully saturated rings. The fraction of sp³-hybridized carbons (Fsp3) is 0.897. The third-order valence-corrected chi connectivity index (χ3v) is 9.50. The number of nitrogens with one attached hydrogen (secondary N) is 1. The van der Waals surface area contributed by atoms with Crippen LogP contribution < -0.4 is 5.32 Å². The summed E-state index contributed by atoms with van der Waals surface area (Å²) in [5, 5.41) is 148. The molecule has 0 saturated carbocycles. The zero-order valence-corrected chi connectivity index (χ0v) is 28.5. The monoisotopic (exact) mass is 793 g/mol. The summed E-state index contributed by atoms with van der Waals surface area (Å²) in [5.74, 6) is -8.09. The van der Waals surface area contributed by atoms with Crippen LogP contribution in [0, 0.1) is 0 Å². The van der Waals surface area contributed by atoms with Crippen molar-refractivity contribution >= 4 is 17.8 Å². The van der Waals surface area contributed by atoms with Gasteiger partial charge in [0.2, 0.25) is 5.91 Å². The van der Waals surface area contributed by atoms with Crippen LogP contribution in [0.25, 0.3) is 0 Å². The maximum absolute atomic E-state index is 12.8. The van der Waals surface area contributed by atoms with E-state index in [1.165, 1.54) is 6.92 Å². The fourth-order valence-corrected chi connectivity index (χ4v) is 6.57. The van der Waals surface area contributed by atoms with E-state index in [1.807, 2.05) is 0 Å². The van der Waals surface area contributed by atoms with Gasteiger partial charge in [-0.25, -0.2) is 9.59 Å². The van der Waals surface area contributed by atoms with Crippen molar-refractivity contribution in [3.63, 3.8) is 0 Å². The maximum Gasteiger partial charge on any atom is 0.364 e. The van der Waals surface area contributed by atoms with Gasteiger partial charge in [0, 0.05) is 13.3 Å². The summed E-state index contributed by atoms with van der Waals surface area (Å²) in [6, 6.07) is -1.65. The molecule has 0 radical (unpaired) electrons. The van der Waals surface area contributed by atoms with E-state index >= 15 is 0 Å². The van der Waals surface area contributed by atoms with Crippen LogP contribution in [0.1, 0.15) is 20.3 Å². The second-order valence-electron chi connectivity index (χ2n) is 13.3. The number of ether oxygens (including phenoxy) is 7. The SMILES string of the molecule is CC(=O)N[C@H]1[C@H]([C@H](O)[C@H](O)CO)O[C@@](O[C@@H]2[C@@H](O)[C@H](O[C@H]3[C@H](O[C@@H]4O[C@@H](C)[C@@H](O)[C@@H](O)[C@@H]4O)[C@@H](O)[C@H](O)O[C@@H]3CO)O[C@H](C(=O)O)[C@H]2O)(C(=O)O)C[C@@H]1O. The molecule has 4 saturated heterocycles. The number of amides is 1. The first-order chi connectivity index (χ1) is 25.2. The molecule has 15 N–H and O–H groups in total. The lowest BCUT2D eigenvalue weighted by Crippen LogP contribution is -2.71. The van der Waals surface area contributed by atoms with E-state index in [4.69, 9.17) is 33.2 Å². The van der Waals surface area contributed by atoms with Gasteiger partial charge in [0.25, 0.3) is 5.79 Å². The van der Waals surface area contributed by atoms with E-state index in [0.29, 0.717) is 0 Å². The van der Waals surface area contributed by atoms with E-state index in [0.717, 1.165) is 6.92 Å². The first-order valence-electron chi connectivity index (χ1n) is 16.6. The zero-order valence-electron chi connectivity index (χ0n) is 28.5. The van der Waals surface area contributed by atoms with Gasteiger partial charge in [0.1, 0.15) is 79.4 Å². The Labute approximate surface area is 304 Å². The van der Waals surface area contributed by atoms with Crippen molar-refractivity contribution in [2.24, 2.45) is 0 Å². The molecular weight excluding hydrogens is 746 g/mol. The summed E-state index contributed by atoms with van der Waals surface area (Å²) in [4.78, 5) is 36.9. The number of carboxylic acids is 2. The molecule has 4 rings (SSSR count). The Morgan fingerprint density at radius 2 is 1.41 bits per heavy atom. The summed E-state index contributed by atoms with van der Waals surface area (Å²) in [5.41, 5.74) is 0. The number of rotatable bonds is 13. The van der Waals surface area contributed by atoms with E-state index in [2.05, 4.69) is 5.32 Å². The number of hydrogen-bond donors (Lipinski definition) is 15. The molecule has 4 heterocycles. The van der Waals surface area contributed by atoms with E-state index in [1.54, 1.807) is 0 Å². The Bertz CT molecular complexity index is 1300.